The lowest BCUT2D eigenvalue weighted by Gasteiger charge is -2.29. The molecule has 0 radical (unpaired) electrons. The van der Waals surface area contributed by atoms with Crippen LogP contribution in [0.4, 0.5) is 5.69 Å². The molecule has 0 saturated heterocycles. The molecule has 1 aromatic carbocycles. The van der Waals surface area contributed by atoms with E-state index < -0.39 is 6.10 Å². The zero-order valence-electron chi connectivity index (χ0n) is 12.0. The maximum Gasteiger partial charge on any atom is 0.0762 e. The van der Waals surface area contributed by atoms with E-state index in [-0.39, 0.29) is 0 Å². The van der Waals surface area contributed by atoms with E-state index in [1.807, 2.05) is 18.2 Å². The van der Waals surface area contributed by atoms with Crippen LogP contribution in [-0.2, 0) is 6.54 Å². The summed E-state index contributed by atoms with van der Waals surface area (Å²) >= 11 is 8.16. The molecule has 2 rings (SSSR count). The van der Waals surface area contributed by atoms with Crippen LogP contribution in [0.3, 0.4) is 0 Å². The number of benzene rings is 1. The van der Waals surface area contributed by atoms with Gasteiger partial charge in [0, 0.05) is 10.9 Å². The minimum atomic E-state index is -0.494. The van der Waals surface area contributed by atoms with Crippen molar-refractivity contribution in [2.75, 3.05) is 4.90 Å². The number of halogens is 1. The highest BCUT2D eigenvalue weighted by atomic mass is 35.5. The van der Waals surface area contributed by atoms with Gasteiger partial charge >= 0.3 is 0 Å². The fraction of sp³-hybridized carbons (Fsp3) is 0.375. The van der Waals surface area contributed by atoms with Gasteiger partial charge in [-0.25, -0.2) is 0 Å². The number of aliphatic hydroxyl groups excluding tert-OH is 1. The van der Waals surface area contributed by atoms with Gasteiger partial charge in [-0.3, -0.25) is 0 Å². The van der Waals surface area contributed by atoms with E-state index in [2.05, 4.69) is 36.3 Å². The smallest absolute Gasteiger partial charge is 0.0762 e. The number of rotatable bonds is 5. The second-order valence-electron chi connectivity index (χ2n) is 5.19. The van der Waals surface area contributed by atoms with Crippen LogP contribution in [0.5, 0.6) is 0 Å². The van der Waals surface area contributed by atoms with Crippen molar-refractivity contribution < 1.29 is 5.11 Å². The first-order chi connectivity index (χ1) is 9.49. The zero-order chi connectivity index (χ0) is 14.7. The highest BCUT2D eigenvalue weighted by molar-refractivity contribution is 7.09. The Bertz CT molecular complexity index is 552. The molecule has 20 heavy (non-hydrogen) atoms. The molecule has 0 amide bonds. The van der Waals surface area contributed by atoms with Gasteiger partial charge in [0.15, 0.2) is 0 Å². The third-order valence-electron chi connectivity index (χ3n) is 3.29. The van der Waals surface area contributed by atoms with Crippen LogP contribution in [0.25, 0.3) is 0 Å². The first-order valence-electron chi connectivity index (χ1n) is 6.75. The van der Waals surface area contributed by atoms with E-state index in [1.54, 1.807) is 18.3 Å². The second kappa shape index (κ2) is 6.61. The third-order valence-corrected chi connectivity index (χ3v) is 4.46. The van der Waals surface area contributed by atoms with E-state index in [9.17, 15) is 5.11 Å². The predicted molar refractivity (Wildman–Crippen MR) is 87.7 cm³/mol. The molecule has 0 aliphatic rings. The molecule has 2 aromatic rings. The van der Waals surface area contributed by atoms with Crippen LogP contribution in [-0.4, -0.2) is 11.1 Å². The largest absolute Gasteiger partial charge is 0.389 e. The number of thiophene rings is 1. The lowest BCUT2D eigenvalue weighted by Crippen LogP contribution is -2.30. The topological polar surface area (TPSA) is 23.5 Å². The Kier molecular flexibility index (Phi) is 5.08. The average Bonchev–Trinajstić information content (AvgIpc) is 2.89. The molecule has 1 aromatic heterocycles. The summed E-state index contributed by atoms with van der Waals surface area (Å²) in [4.78, 5) is 3.59. The number of aliphatic hydroxyl groups is 1. The van der Waals surface area contributed by atoms with Crippen molar-refractivity contribution in [2.45, 2.75) is 39.5 Å². The van der Waals surface area contributed by atoms with E-state index in [0.717, 1.165) is 17.8 Å². The van der Waals surface area contributed by atoms with Crippen molar-refractivity contribution in [1.82, 2.24) is 0 Å². The van der Waals surface area contributed by atoms with Gasteiger partial charge in [0.05, 0.1) is 23.4 Å². The molecule has 0 spiro atoms. The van der Waals surface area contributed by atoms with Crippen LogP contribution in [0, 0.1) is 0 Å². The Morgan fingerprint density at radius 2 is 2.00 bits per heavy atom. The van der Waals surface area contributed by atoms with Gasteiger partial charge in [-0.05, 0) is 49.9 Å². The van der Waals surface area contributed by atoms with E-state index >= 15 is 0 Å². The van der Waals surface area contributed by atoms with Crippen LogP contribution in [0.15, 0.2) is 35.7 Å². The molecule has 1 atom stereocenters. The molecular formula is C16H20ClNOS. The molecule has 0 aliphatic carbocycles. The lowest BCUT2D eigenvalue weighted by atomic mass is 10.1. The average molecular weight is 310 g/mol. The maximum atomic E-state index is 9.62. The Morgan fingerprint density at radius 1 is 1.25 bits per heavy atom. The van der Waals surface area contributed by atoms with Gasteiger partial charge in [0.25, 0.3) is 0 Å². The van der Waals surface area contributed by atoms with Crippen LogP contribution in [0.2, 0.25) is 5.02 Å². The Labute approximate surface area is 129 Å². The first kappa shape index (κ1) is 15.4. The zero-order valence-corrected chi connectivity index (χ0v) is 13.6. The minimum Gasteiger partial charge on any atom is -0.389 e. The van der Waals surface area contributed by atoms with Gasteiger partial charge in [-0.2, -0.15) is 0 Å². The van der Waals surface area contributed by atoms with Crippen molar-refractivity contribution in [3.63, 3.8) is 0 Å². The van der Waals surface area contributed by atoms with Crippen molar-refractivity contribution in [2.24, 2.45) is 0 Å². The van der Waals surface area contributed by atoms with E-state index in [0.29, 0.717) is 11.1 Å². The molecule has 4 heteroatoms. The molecule has 0 aliphatic heterocycles. The fourth-order valence-corrected chi connectivity index (χ4v) is 3.13. The summed E-state index contributed by atoms with van der Waals surface area (Å²) < 4.78 is 0. The number of nitrogens with zero attached hydrogens (tertiary/aromatic N) is 1. The third kappa shape index (κ3) is 3.54. The normalized spacial score (nSPS) is 12.7. The van der Waals surface area contributed by atoms with Gasteiger partial charge in [0.1, 0.15) is 0 Å². The SMILES string of the molecule is CC(O)c1ccc(N(Cc2cccs2)C(C)C)c(Cl)c1. The van der Waals surface area contributed by atoms with Crippen molar-refractivity contribution >= 4 is 28.6 Å². The molecule has 1 heterocycles. The summed E-state index contributed by atoms with van der Waals surface area (Å²) in [7, 11) is 0. The quantitative estimate of drug-likeness (QED) is 0.851. The Balaban J connectivity index is 2.30. The van der Waals surface area contributed by atoms with Gasteiger partial charge in [0.2, 0.25) is 0 Å². The van der Waals surface area contributed by atoms with Gasteiger partial charge < -0.3 is 10.0 Å². The molecule has 1 N–H and O–H groups in total. The highest BCUT2D eigenvalue weighted by Crippen LogP contribution is 2.31. The summed E-state index contributed by atoms with van der Waals surface area (Å²) in [5, 5.41) is 12.4. The molecule has 1 unspecified atom stereocenters. The van der Waals surface area contributed by atoms with Gasteiger partial charge in [-0.15, -0.1) is 11.3 Å². The number of anilines is 1. The number of hydrogen-bond donors (Lipinski definition) is 1. The fourth-order valence-electron chi connectivity index (χ4n) is 2.13. The first-order valence-corrected chi connectivity index (χ1v) is 8.01. The molecule has 108 valence electrons. The van der Waals surface area contributed by atoms with Gasteiger partial charge in [-0.1, -0.05) is 23.7 Å². The molecule has 0 saturated carbocycles. The van der Waals surface area contributed by atoms with Crippen LogP contribution >= 0.6 is 22.9 Å². The van der Waals surface area contributed by atoms with Crippen molar-refractivity contribution in [1.29, 1.82) is 0 Å². The highest BCUT2D eigenvalue weighted by Gasteiger charge is 2.16. The molecule has 0 fully saturated rings. The van der Waals surface area contributed by atoms with Crippen LogP contribution in [0.1, 0.15) is 37.3 Å². The summed E-state index contributed by atoms with van der Waals surface area (Å²) in [5.41, 5.74) is 1.86. The molecule has 2 nitrogen and oxygen atoms in total. The number of hydrogen-bond acceptors (Lipinski definition) is 3. The Hall–Kier alpha value is -1.03. The van der Waals surface area contributed by atoms with Crippen LogP contribution < -0.4 is 4.90 Å². The minimum absolute atomic E-state index is 0.354. The van der Waals surface area contributed by atoms with Crippen molar-refractivity contribution in [3.8, 4) is 0 Å². The summed E-state index contributed by atoms with van der Waals surface area (Å²) in [5.74, 6) is 0. The molecular weight excluding hydrogens is 290 g/mol. The van der Waals surface area contributed by atoms with E-state index in [4.69, 9.17) is 11.6 Å². The van der Waals surface area contributed by atoms with Crippen molar-refractivity contribution in [3.05, 3.63) is 51.2 Å². The summed E-state index contributed by atoms with van der Waals surface area (Å²) in [6.07, 6.45) is -0.494. The summed E-state index contributed by atoms with van der Waals surface area (Å²) in [6.45, 7) is 6.92. The second-order valence-corrected chi connectivity index (χ2v) is 6.63. The van der Waals surface area contributed by atoms with E-state index in [1.165, 1.54) is 4.88 Å². The standard InChI is InChI=1S/C16H20ClNOS/c1-11(2)18(10-14-5-4-8-20-14)16-7-6-13(12(3)19)9-15(16)17/h4-9,11-12,19H,10H2,1-3H3. The monoisotopic (exact) mass is 309 g/mol. The summed E-state index contributed by atoms with van der Waals surface area (Å²) in [6, 6.07) is 10.3. The maximum absolute atomic E-state index is 9.62. The lowest BCUT2D eigenvalue weighted by molar-refractivity contribution is 0.199. The Morgan fingerprint density at radius 3 is 2.50 bits per heavy atom. The predicted octanol–water partition coefficient (Wildman–Crippen LogP) is 4.87. The molecule has 0 bridgehead atoms.